The number of aromatic nitrogens is 3. The molecule has 2 aromatic heterocycles. The Bertz CT molecular complexity index is 945. The molecule has 26 heavy (non-hydrogen) atoms. The smallest absolute Gasteiger partial charge is 0.243 e. The lowest BCUT2D eigenvalue weighted by atomic mass is 10.1. The Kier molecular flexibility index (Phi) is 3.73. The maximum Gasteiger partial charge on any atom is 0.243 e. The van der Waals surface area contributed by atoms with Gasteiger partial charge in [-0.15, -0.1) is 0 Å². The molecule has 3 aromatic rings. The molecule has 5 nitrogen and oxygen atoms in total. The Balaban J connectivity index is 1.45. The van der Waals surface area contributed by atoms with E-state index in [-0.39, 0.29) is 11.9 Å². The van der Waals surface area contributed by atoms with E-state index >= 15 is 0 Å². The zero-order valence-corrected chi connectivity index (χ0v) is 14.7. The van der Waals surface area contributed by atoms with Gasteiger partial charge in [-0.2, -0.15) is 0 Å². The van der Waals surface area contributed by atoms with Crippen LogP contribution >= 0.6 is 0 Å². The van der Waals surface area contributed by atoms with Gasteiger partial charge in [0.25, 0.3) is 0 Å². The van der Waals surface area contributed by atoms with Crippen LogP contribution in [0.15, 0.2) is 48.7 Å². The standard InChI is InChI=1S/C21H22N4O/c26-20(24-13-5-9-18(24)16-6-3-4-12-22-16)14-25-19-8-2-1-7-17(19)23-21(25)15-10-11-15/h1-4,6-8,12,15,18H,5,9-11,13-14H2/t18-/m0/s1. The summed E-state index contributed by atoms with van der Waals surface area (Å²) in [7, 11) is 0. The minimum Gasteiger partial charge on any atom is -0.333 e. The molecule has 2 fully saturated rings. The zero-order valence-electron chi connectivity index (χ0n) is 14.7. The van der Waals surface area contributed by atoms with Crippen molar-refractivity contribution in [3.05, 3.63) is 60.2 Å². The molecule has 1 saturated heterocycles. The quantitative estimate of drug-likeness (QED) is 0.724. The average Bonchev–Trinajstić information content (AvgIpc) is 3.29. The van der Waals surface area contributed by atoms with Crippen molar-refractivity contribution in [1.29, 1.82) is 0 Å². The lowest BCUT2D eigenvalue weighted by Crippen LogP contribution is -2.34. The van der Waals surface area contributed by atoms with Gasteiger partial charge in [-0.1, -0.05) is 18.2 Å². The maximum absolute atomic E-state index is 13.2. The van der Waals surface area contributed by atoms with Gasteiger partial charge < -0.3 is 9.47 Å². The number of nitrogens with zero attached hydrogens (tertiary/aromatic N) is 4. The number of para-hydroxylation sites is 2. The van der Waals surface area contributed by atoms with Gasteiger partial charge in [0.1, 0.15) is 12.4 Å². The van der Waals surface area contributed by atoms with Gasteiger partial charge in [-0.25, -0.2) is 4.98 Å². The topological polar surface area (TPSA) is 51.0 Å². The first-order valence-corrected chi connectivity index (χ1v) is 9.47. The number of imidazole rings is 1. The van der Waals surface area contributed by atoms with Crippen molar-refractivity contribution >= 4 is 16.9 Å². The van der Waals surface area contributed by atoms with Crippen molar-refractivity contribution in [2.75, 3.05) is 6.54 Å². The van der Waals surface area contributed by atoms with Crippen LogP contribution in [-0.4, -0.2) is 31.9 Å². The van der Waals surface area contributed by atoms with Gasteiger partial charge in [-0.05, 0) is 49.9 Å². The van der Waals surface area contributed by atoms with Crippen LogP contribution in [0.5, 0.6) is 0 Å². The minimum absolute atomic E-state index is 0.0999. The Hall–Kier alpha value is -2.69. The van der Waals surface area contributed by atoms with E-state index in [1.54, 1.807) is 0 Å². The van der Waals surface area contributed by atoms with Crippen molar-refractivity contribution in [3.63, 3.8) is 0 Å². The Morgan fingerprint density at radius 2 is 1.92 bits per heavy atom. The lowest BCUT2D eigenvalue weighted by Gasteiger charge is -2.25. The first-order valence-electron chi connectivity index (χ1n) is 9.47. The minimum atomic E-state index is 0.0999. The molecule has 0 N–H and O–H groups in total. The molecule has 1 aromatic carbocycles. The molecule has 5 heteroatoms. The fourth-order valence-electron chi connectivity index (χ4n) is 4.09. The third kappa shape index (κ3) is 2.68. The van der Waals surface area contributed by atoms with E-state index < -0.39 is 0 Å². The summed E-state index contributed by atoms with van der Waals surface area (Å²) < 4.78 is 2.14. The molecule has 3 heterocycles. The number of rotatable bonds is 4. The second-order valence-electron chi connectivity index (χ2n) is 7.32. The number of carbonyl (C=O) groups excluding carboxylic acids is 1. The van der Waals surface area contributed by atoms with Crippen LogP contribution in [0.1, 0.15) is 49.2 Å². The van der Waals surface area contributed by atoms with Gasteiger partial charge in [0.15, 0.2) is 0 Å². The van der Waals surface area contributed by atoms with Crippen molar-refractivity contribution in [1.82, 2.24) is 19.4 Å². The SMILES string of the molecule is O=C(Cn1c(C2CC2)nc2ccccc21)N1CCC[C@H]1c1ccccn1. The highest BCUT2D eigenvalue weighted by Gasteiger charge is 2.33. The predicted octanol–water partition coefficient (Wildman–Crippen LogP) is 3.67. The maximum atomic E-state index is 13.2. The highest BCUT2D eigenvalue weighted by Crippen LogP contribution is 2.41. The molecule has 2 aliphatic rings. The van der Waals surface area contributed by atoms with E-state index in [9.17, 15) is 4.79 Å². The molecular formula is C21H22N4O. The van der Waals surface area contributed by atoms with Crippen LogP contribution in [0.2, 0.25) is 0 Å². The molecule has 0 bridgehead atoms. The largest absolute Gasteiger partial charge is 0.333 e. The number of carbonyl (C=O) groups is 1. The molecule has 0 spiro atoms. The summed E-state index contributed by atoms with van der Waals surface area (Å²) in [6.07, 6.45) is 6.19. The van der Waals surface area contributed by atoms with Crippen LogP contribution in [0.3, 0.4) is 0 Å². The Morgan fingerprint density at radius 1 is 1.08 bits per heavy atom. The molecule has 5 rings (SSSR count). The summed E-state index contributed by atoms with van der Waals surface area (Å²) >= 11 is 0. The van der Waals surface area contributed by atoms with E-state index in [2.05, 4.69) is 15.6 Å². The van der Waals surface area contributed by atoms with E-state index in [0.717, 1.165) is 41.9 Å². The molecule has 0 unspecified atom stereocenters. The third-order valence-corrected chi connectivity index (χ3v) is 5.52. The second kappa shape index (κ2) is 6.24. The van der Waals surface area contributed by atoms with Gasteiger partial charge in [0.05, 0.1) is 22.8 Å². The summed E-state index contributed by atoms with van der Waals surface area (Å²) in [6.45, 7) is 1.18. The Morgan fingerprint density at radius 3 is 2.73 bits per heavy atom. The van der Waals surface area contributed by atoms with Gasteiger partial charge in [0, 0.05) is 18.7 Å². The molecule has 132 valence electrons. The number of pyridine rings is 1. The fourth-order valence-corrected chi connectivity index (χ4v) is 4.09. The highest BCUT2D eigenvalue weighted by molar-refractivity contribution is 5.81. The monoisotopic (exact) mass is 346 g/mol. The van der Waals surface area contributed by atoms with Crippen LogP contribution in [0, 0.1) is 0 Å². The van der Waals surface area contributed by atoms with E-state index in [1.807, 2.05) is 47.5 Å². The summed E-state index contributed by atoms with van der Waals surface area (Å²) in [5.41, 5.74) is 3.05. The predicted molar refractivity (Wildman–Crippen MR) is 99.6 cm³/mol. The summed E-state index contributed by atoms with van der Waals surface area (Å²) in [6, 6.07) is 14.2. The van der Waals surface area contributed by atoms with Crippen LogP contribution < -0.4 is 0 Å². The van der Waals surface area contributed by atoms with Gasteiger partial charge in [-0.3, -0.25) is 9.78 Å². The van der Waals surface area contributed by atoms with Crippen molar-refractivity contribution in [3.8, 4) is 0 Å². The number of benzene rings is 1. The molecule has 1 saturated carbocycles. The first-order chi connectivity index (χ1) is 12.8. The van der Waals surface area contributed by atoms with Crippen LogP contribution in [0.25, 0.3) is 11.0 Å². The van der Waals surface area contributed by atoms with E-state index in [1.165, 1.54) is 12.8 Å². The summed E-state index contributed by atoms with van der Waals surface area (Å²) in [5, 5.41) is 0. The van der Waals surface area contributed by atoms with Gasteiger partial charge in [0.2, 0.25) is 5.91 Å². The molecule has 0 radical (unpaired) electrons. The number of likely N-dealkylation sites (tertiary alicyclic amines) is 1. The molecule has 1 aliphatic carbocycles. The first kappa shape index (κ1) is 15.6. The molecule has 1 amide bonds. The second-order valence-corrected chi connectivity index (χ2v) is 7.32. The normalized spacial score (nSPS) is 20.0. The van der Waals surface area contributed by atoms with Gasteiger partial charge >= 0.3 is 0 Å². The molecule has 1 aliphatic heterocycles. The number of amides is 1. The number of hydrogen-bond acceptors (Lipinski definition) is 3. The van der Waals surface area contributed by atoms with Crippen LogP contribution in [0.4, 0.5) is 0 Å². The van der Waals surface area contributed by atoms with E-state index in [0.29, 0.717) is 12.5 Å². The fraction of sp³-hybridized carbons (Fsp3) is 0.381. The highest BCUT2D eigenvalue weighted by atomic mass is 16.2. The van der Waals surface area contributed by atoms with E-state index in [4.69, 9.17) is 4.98 Å². The van der Waals surface area contributed by atoms with Crippen molar-refractivity contribution in [2.24, 2.45) is 0 Å². The third-order valence-electron chi connectivity index (χ3n) is 5.52. The zero-order chi connectivity index (χ0) is 17.5. The molecular weight excluding hydrogens is 324 g/mol. The summed E-state index contributed by atoms with van der Waals surface area (Å²) in [4.78, 5) is 24.5. The summed E-state index contributed by atoms with van der Waals surface area (Å²) in [5.74, 6) is 1.76. The van der Waals surface area contributed by atoms with Crippen LogP contribution in [-0.2, 0) is 11.3 Å². The van der Waals surface area contributed by atoms with Crippen molar-refractivity contribution < 1.29 is 4.79 Å². The number of fused-ring (bicyclic) bond motifs is 1. The lowest BCUT2D eigenvalue weighted by molar-refractivity contribution is -0.132. The van der Waals surface area contributed by atoms with Crippen molar-refractivity contribution in [2.45, 2.75) is 44.2 Å². The molecule has 1 atom stereocenters. The average molecular weight is 346 g/mol. The Labute approximate surface area is 152 Å². The number of hydrogen-bond donors (Lipinski definition) is 0.